The zero-order chi connectivity index (χ0) is 19.4. The third kappa shape index (κ3) is 4.46. The average Bonchev–Trinajstić information content (AvgIpc) is 3.29. The maximum atomic E-state index is 12.0. The standard InChI is InChI=1S/C16H13N5O5S/c17-15(23)12-5-9(6-18-12)13-8-27-16(19-13)20-14(22)7-26-11-3-1-10(2-4-11)21(24)25/h1-6,8,18H,7H2,(H2,17,23)(H,19,20,22). The Labute approximate surface area is 156 Å². The molecule has 0 aliphatic heterocycles. The summed E-state index contributed by atoms with van der Waals surface area (Å²) >= 11 is 1.21. The second kappa shape index (κ2) is 7.66. The molecule has 1 aromatic carbocycles. The molecule has 0 aliphatic rings. The lowest BCUT2D eigenvalue weighted by molar-refractivity contribution is -0.384. The summed E-state index contributed by atoms with van der Waals surface area (Å²) in [6, 6.07) is 6.97. The van der Waals surface area contributed by atoms with E-state index in [0.717, 1.165) is 0 Å². The fourth-order valence-electron chi connectivity index (χ4n) is 2.12. The minimum Gasteiger partial charge on any atom is -0.484 e. The minimum atomic E-state index is -0.576. The first-order valence-electron chi connectivity index (χ1n) is 7.53. The molecule has 3 aromatic rings. The van der Waals surface area contributed by atoms with E-state index in [9.17, 15) is 19.7 Å². The van der Waals surface area contributed by atoms with Crippen LogP contribution in [0.1, 0.15) is 10.5 Å². The molecule has 0 bridgehead atoms. The molecule has 4 N–H and O–H groups in total. The SMILES string of the molecule is NC(=O)c1cc(-c2csc(NC(=O)COc3ccc([N+](=O)[O-])cc3)n2)c[nH]1. The maximum absolute atomic E-state index is 12.0. The number of thiazole rings is 1. The Morgan fingerprint density at radius 2 is 2.07 bits per heavy atom. The van der Waals surface area contributed by atoms with Crippen LogP contribution in [0.5, 0.6) is 5.75 Å². The van der Waals surface area contributed by atoms with Crippen molar-refractivity contribution in [3.63, 3.8) is 0 Å². The molecule has 0 saturated heterocycles. The number of nitro benzene ring substituents is 1. The number of nitrogens with two attached hydrogens (primary N) is 1. The van der Waals surface area contributed by atoms with E-state index in [1.165, 1.54) is 35.6 Å². The molecule has 2 amide bonds. The molecule has 2 aromatic heterocycles. The summed E-state index contributed by atoms with van der Waals surface area (Å²) < 4.78 is 5.28. The number of benzene rings is 1. The summed E-state index contributed by atoms with van der Waals surface area (Å²) in [7, 11) is 0. The number of carbonyl (C=O) groups excluding carboxylic acids is 2. The topological polar surface area (TPSA) is 153 Å². The zero-order valence-corrected chi connectivity index (χ0v) is 14.5. The Bertz CT molecular complexity index is 995. The number of aromatic nitrogens is 2. The molecule has 0 saturated carbocycles. The summed E-state index contributed by atoms with van der Waals surface area (Å²) in [5.74, 6) is -0.670. The van der Waals surface area contributed by atoms with Crippen LogP contribution >= 0.6 is 11.3 Å². The van der Waals surface area contributed by atoms with Crippen molar-refractivity contribution in [1.29, 1.82) is 0 Å². The van der Waals surface area contributed by atoms with Gasteiger partial charge in [-0.05, 0) is 18.2 Å². The number of anilines is 1. The van der Waals surface area contributed by atoms with Crippen molar-refractivity contribution in [3.8, 4) is 17.0 Å². The lowest BCUT2D eigenvalue weighted by atomic mass is 10.2. The minimum absolute atomic E-state index is 0.0635. The molecule has 0 unspecified atom stereocenters. The van der Waals surface area contributed by atoms with Crippen molar-refractivity contribution in [3.05, 3.63) is 57.7 Å². The highest BCUT2D eigenvalue weighted by Crippen LogP contribution is 2.25. The van der Waals surface area contributed by atoms with Gasteiger partial charge in [-0.2, -0.15) is 0 Å². The third-order valence-corrected chi connectivity index (χ3v) is 4.17. The van der Waals surface area contributed by atoms with Gasteiger partial charge in [-0.15, -0.1) is 11.3 Å². The highest BCUT2D eigenvalue weighted by atomic mass is 32.1. The molecular formula is C16H13N5O5S. The van der Waals surface area contributed by atoms with Crippen molar-refractivity contribution in [1.82, 2.24) is 9.97 Å². The summed E-state index contributed by atoms with van der Waals surface area (Å²) in [4.78, 5) is 40.1. The van der Waals surface area contributed by atoms with E-state index >= 15 is 0 Å². The van der Waals surface area contributed by atoms with Gasteiger partial charge in [0.2, 0.25) is 0 Å². The Balaban J connectivity index is 1.55. The number of nitro groups is 1. The van der Waals surface area contributed by atoms with Gasteiger partial charge in [0.05, 0.1) is 10.6 Å². The first kappa shape index (κ1) is 18.1. The second-order valence-corrected chi connectivity index (χ2v) is 6.15. The smallest absolute Gasteiger partial charge is 0.269 e. The van der Waals surface area contributed by atoms with E-state index in [4.69, 9.17) is 10.5 Å². The lowest BCUT2D eigenvalue weighted by Crippen LogP contribution is -2.20. The number of aromatic amines is 1. The van der Waals surface area contributed by atoms with E-state index in [1.54, 1.807) is 17.6 Å². The number of ether oxygens (including phenoxy) is 1. The lowest BCUT2D eigenvalue weighted by Gasteiger charge is -2.05. The predicted molar refractivity (Wildman–Crippen MR) is 97.6 cm³/mol. The summed E-state index contributed by atoms with van der Waals surface area (Å²) in [6.07, 6.45) is 1.60. The van der Waals surface area contributed by atoms with Crippen LogP contribution in [0.25, 0.3) is 11.3 Å². The van der Waals surface area contributed by atoms with Gasteiger partial charge in [0, 0.05) is 29.3 Å². The van der Waals surface area contributed by atoms with Crippen molar-refractivity contribution < 1.29 is 19.2 Å². The van der Waals surface area contributed by atoms with Gasteiger partial charge in [0.15, 0.2) is 11.7 Å². The van der Waals surface area contributed by atoms with E-state index < -0.39 is 16.7 Å². The largest absolute Gasteiger partial charge is 0.484 e. The Hall–Kier alpha value is -3.73. The number of amides is 2. The molecule has 27 heavy (non-hydrogen) atoms. The highest BCUT2D eigenvalue weighted by molar-refractivity contribution is 7.14. The van der Waals surface area contributed by atoms with E-state index in [2.05, 4.69) is 15.3 Å². The number of nitrogens with one attached hydrogen (secondary N) is 2. The highest BCUT2D eigenvalue weighted by Gasteiger charge is 2.12. The number of rotatable bonds is 7. The van der Waals surface area contributed by atoms with Crippen LogP contribution in [0, 0.1) is 10.1 Å². The fraction of sp³-hybridized carbons (Fsp3) is 0.0625. The normalized spacial score (nSPS) is 10.4. The molecule has 0 atom stereocenters. The molecule has 3 rings (SSSR count). The van der Waals surface area contributed by atoms with Crippen LogP contribution < -0.4 is 15.8 Å². The zero-order valence-electron chi connectivity index (χ0n) is 13.7. The molecule has 138 valence electrons. The van der Waals surface area contributed by atoms with Crippen LogP contribution in [0.3, 0.4) is 0 Å². The molecule has 0 aliphatic carbocycles. The monoisotopic (exact) mass is 387 g/mol. The summed E-state index contributed by atoms with van der Waals surface area (Å²) in [5.41, 5.74) is 6.64. The molecular weight excluding hydrogens is 374 g/mol. The number of primary amides is 1. The number of non-ortho nitro benzene ring substituents is 1. The third-order valence-electron chi connectivity index (χ3n) is 3.41. The van der Waals surface area contributed by atoms with Gasteiger partial charge >= 0.3 is 0 Å². The van der Waals surface area contributed by atoms with Crippen molar-refractivity contribution >= 4 is 34.0 Å². The quantitative estimate of drug-likeness (QED) is 0.417. The number of nitrogens with zero attached hydrogens (tertiary/aromatic N) is 2. The summed E-state index contributed by atoms with van der Waals surface area (Å²) in [6.45, 7) is -0.275. The molecule has 0 fully saturated rings. The Morgan fingerprint density at radius 3 is 2.70 bits per heavy atom. The van der Waals surface area contributed by atoms with E-state index in [1.807, 2.05) is 0 Å². The first-order chi connectivity index (χ1) is 12.9. The number of H-pyrrole nitrogens is 1. The van der Waals surface area contributed by atoms with Gasteiger partial charge < -0.3 is 15.5 Å². The fourth-order valence-corrected chi connectivity index (χ4v) is 2.85. The molecule has 2 heterocycles. The summed E-state index contributed by atoms with van der Waals surface area (Å²) in [5, 5.41) is 15.3. The number of hydrogen-bond donors (Lipinski definition) is 3. The maximum Gasteiger partial charge on any atom is 0.269 e. The Kier molecular flexibility index (Phi) is 5.13. The molecule has 0 radical (unpaired) electrons. The van der Waals surface area contributed by atoms with Crippen molar-refractivity contribution in [2.75, 3.05) is 11.9 Å². The second-order valence-electron chi connectivity index (χ2n) is 5.29. The van der Waals surface area contributed by atoms with Gasteiger partial charge in [0.1, 0.15) is 11.4 Å². The average molecular weight is 387 g/mol. The first-order valence-corrected chi connectivity index (χ1v) is 8.41. The van der Waals surface area contributed by atoms with Crippen LogP contribution in [-0.4, -0.2) is 33.3 Å². The number of carbonyl (C=O) groups is 2. The van der Waals surface area contributed by atoms with Crippen molar-refractivity contribution in [2.24, 2.45) is 5.73 Å². The van der Waals surface area contributed by atoms with Crippen LogP contribution in [0.4, 0.5) is 10.8 Å². The van der Waals surface area contributed by atoms with Gasteiger partial charge in [0.25, 0.3) is 17.5 Å². The van der Waals surface area contributed by atoms with Crippen LogP contribution in [0.15, 0.2) is 41.9 Å². The van der Waals surface area contributed by atoms with Gasteiger partial charge in [-0.3, -0.25) is 25.0 Å². The predicted octanol–water partition coefficient (Wildman–Crippen LogP) is 2.16. The molecule has 10 nitrogen and oxygen atoms in total. The number of hydrogen-bond acceptors (Lipinski definition) is 7. The molecule has 0 spiro atoms. The van der Waals surface area contributed by atoms with E-state index in [0.29, 0.717) is 22.1 Å². The van der Waals surface area contributed by atoms with Crippen molar-refractivity contribution in [2.45, 2.75) is 0 Å². The van der Waals surface area contributed by atoms with Gasteiger partial charge in [-0.1, -0.05) is 0 Å². The van der Waals surface area contributed by atoms with Gasteiger partial charge in [-0.25, -0.2) is 4.98 Å². The van der Waals surface area contributed by atoms with E-state index in [-0.39, 0.29) is 18.0 Å². The van der Waals surface area contributed by atoms with Crippen LogP contribution in [0.2, 0.25) is 0 Å². The Morgan fingerprint density at radius 1 is 1.33 bits per heavy atom. The molecule has 11 heteroatoms. The van der Waals surface area contributed by atoms with Crippen LogP contribution in [-0.2, 0) is 4.79 Å².